The van der Waals surface area contributed by atoms with Crippen molar-refractivity contribution in [3.05, 3.63) is 56.8 Å². The van der Waals surface area contributed by atoms with Crippen LogP contribution in [-0.4, -0.2) is 17.0 Å². The van der Waals surface area contributed by atoms with Gasteiger partial charge in [0.2, 0.25) is 0 Å². The average Bonchev–Trinajstić information content (AvgIpc) is 2.78. The SMILES string of the molecule is Cc1ccccc1C(CC(=O)O)NC(=O)c1csc(C)c1C. The summed E-state index contributed by atoms with van der Waals surface area (Å²) in [5, 5.41) is 13.8. The van der Waals surface area contributed by atoms with Crippen LogP contribution in [0, 0.1) is 20.8 Å². The summed E-state index contributed by atoms with van der Waals surface area (Å²) in [6.07, 6.45) is -0.140. The number of benzene rings is 1. The van der Waals surface area contributed by atoms with Crippen LogP contribution >= 0.6 is 11.3 Å². The molecule has 0 bridgehead atoms. The van der Waals surface area contributed by atoms with Crippen LogP contribution in [0.3, 0.4) is 0 Å². The summed E-state index contributed by atoms with van der Waals surface area (Å²) < 4.78 is 0. The molecule has 1 unspecified atom stereocenters. The Morgan fingerprint density at radius 1 is 1.23 bits per heavy atom. The van der Waals surface area contributed by atoms with Gasteiger partial charge < -0.3 is 10.4 Å². The maximum absolute atomic E-state index is 12.5. The van der Waals surface area contributed by atoms with Gasteiger partial charge in [-0.3, -0.25) is 9.59 Å². The van der Waals surface area contributed by atoms with Gasteiger partial charge in [0.25, 0.3) is 5.91 Å². The Hall–Kier alpha value is -2.14. The van der Waals surface area contributed by atoms with E-state index in [4.69, 9.17) is 5.11 Å². The van der Waals surface area contributed by atoms with Gasteiger partial charge in [0.05, 0.1) is 18.0 Å². The molecule has 2 rings (SSSR count). The molecular formula is C17H19NO3S. The first kappa shape index (κ1) is 16.2. The highest BCUT2D eigenvalue weighted by Gasteiger charge is 2.21. The molecule has 0 fully saturated rings. The van der Waals surface area contributed by atoms with Gasteiger partial charge in [0.1, 0.15) is 0 Å². The Bertz CT molecular complexity index is 706. The maximum Gasteiger partial charge on any atom is 0.305 e. The van der Waals surface area contributed by atoms with E-state index in [0.29, 0.717) is 5.56 Å². The van der Waals surface area contributed by atoms with Crippen molar-refractivity contribution in [2.75, 3.05) is 0 Å². The quantitative estimate of drug-likeness (QED) is 0.885. The normalized spacial score (nSPS) is 12.0. The Kier molecular flexibility index (Phi) is 4.98. The molecule has 1 aromatic heterocycles. The van der Waals surface area contributed by atoms with Crippen LogP contribution in [0.4, 0.5) is 0 Å². The van der Waals surface area contributed by atoms with Gasteiger partial charge in [-0.05, 0) is 37.5 Å². The minimum atomic E-state index is -0.938. The second-order valence-electron chi connectivity index (χ2n) is 5.31. The van der Waals surface area contributed by atoms with Gasteiger partial charge in [-0.2, -0.15) is 0 Å². The minimum Gasteiger partial charge on any atom is -0.481 e. The van der Waals surface area contributed by atoms with Crippen molar-refractivity contribution in [2.24, 2.45) is 0 Å². The van der Waals surface area contributed by atoms with E-state index < -0.39 is 12.0 Å². The van der Waals surface area contributed by atoms with Crippen molar-refractivity contribution in [2.45, 2.75) is 33.2 Å². The van der Waals surface area contributed by atoms with Gasteiger partial charge in [0, 0.05) is 10.3 Å². The number of carbonyl (C=O) groups excluding carboxylic acids is 1. The van der Waals surface area contributed by atoms with E-state index in [-0.39, 0.29) is 12.3 Å². The summed E-state index contributed by atoms with van der Waals surface area (Å²) >= 11 is 1.52. The lowest BCUT2D eigenvalue weighted by Gasteiger charge is -2.19. The molecule has 0 saturated heterocycles. The van der Waals surface area contributed by atoms with Crippen LogP contribution in [0.15, 0.2) is 29.6 Å². The lowest BCUT2D eigenvalue weighted by molar-refractivity contribution is -0.137. The number of nitrogens with one attached hydrogen (secondary N) is 1. The second-order valence-corrected chi connectivity index (χ2v) is 6.39. The third-order valence-corrected chi connectivity index (χ3v) is 4.79. The smallest absolute Gasteiger partial charge is 0.305 e. The molecule has 0 radical (unpaired) electrons. The number of hydrogen-bond acceptors (Lipinski definition) is 3. The third-order valence-electron chi connectivity index (χ3n) is 3.78. The largest absolute Gasteiger partial charge is 0.481 e. The molecule has 22 heavy (non-hydrogen) atoms. The number of aryl methyl sites for hydroxylation is 2. The van der Waals surface area contributed by atoms with Crippen LogP contribution in [0.5, 0.6) is 0 Å². The molecule has 0 aliphatic rings. The van der Waals surface area contributed by atoms with Crippen molar-refractivity contribution in [1.82, 2.24) is 5.32 Å². The zero-order chi connectivity index (χ0) is 16.3. The predicted molar refractivity (Wildman–Crippen MR) is 87.4 cm³/mol. The van der Waals surface area contributed by atoms with Crippen molar-refractivity contribution in [3.8, 4) is 0 Å². The fourth-order valence-corrected chi connectivity index (χ4v) is 3.23. The van der Waals surface area contributed by atoms with Crippen molar-refractivity contribution >= 4 is 23.2 Å². The van der Waals surface area contributed by atoms with Crippen LogP contribution in [0.2, 0.25) is 0 Å². The lowest BCUT2D eigenvalue weighted by Crippen LogP contribution is -2.30. The molecule has 0 saturated carbocycles. The molecule has 1 amide bonds. The highest BCUT2D eigenvalue weighted by atomic mass is 32.1. The first-order valence-electron chi connectivity index (χ1n) is 7.03. The fraction of sp³-hybridized carbons (Fsp3) is 0.294. The summed E-state index contributed by atoms with van der Waals surface area (Å²) in [6.45, 7) is 5.78. The summed E-state index contributed by atoms with van der Waals surface area (Å²) in [5.41, 5.74) is 3.36. The van der Waals surface area contributed by atoms with Gasteiger partial charge >= 0.3 is 5.97 Å². The number of amides is 1. The van der Waals surface area contributed by atoms with Gasteiger partial charge in [-0.15, -0.1) is 11.3 Å². The molecule has 4 nitrogen and oxygen atoms in total. The van der Waals surface area contributed by atoms with Crippen LogP contribution in [0.25, 0.3) is 0 Å². The second kappa shape index (κ2) is 6.75. The topological polar surface area (TPSA) is 66.4 Å². The number of aliphatic carboxylic acids is 1. The Labute approximate surface area is 133 Å². The Balaban J connectivity index is 2.27. The van der Waals surface area contributed by atoms with Crippen molar-refractivity contribution < 1.29 is 14.7 Å². The molecule has 0 aliphatic carbocycles. The average molecular weight is 317 g/mol. The van der Waals surface area contributed by atoms with Crippen LogP contribution in [-0.2, 0) is 4.79 Å². The Morgan fingerprint density at radius 2 is 1.91 bits per heavy atom. The summed E-state index contributed by atoms with van der Waals surface area (Å²) in [4.78, 5) is 24.7. The molecule has 5 heteroatoms. The number of thiophene rings is 1. The van der Waals surface area contributed by atoms with E-state index >= 15 is 0 Å². The summed E-state index contributed by atoms with van der Waals surface area (Å²) in [6, 6.07) is 6.98. The molecule has 0 spiro atoms. The van der Waals surface area contributed by atoms with Crippen LogP contribution < -0.4 is 5.32 Å². The number of carboxylic acids is 1. The van der Waals surface area contributed by atoms with E-state index in [1.807, 2.05) is 50.4 Å². The molecular weight excluding hydrogens is 298 g/mol. The number of hydrogen-bond donors (Lipinski definition) is 2. The third kappa shape index (κ3) is 3.54. The summed E-state index contributed by atoms with van der Waals surface area (Å²) in [5.74, 6) is -1.16. The molecule has 0 aliphatic heterocycles. The maximum atomic E-state index is 12.5. The first-order valence-corrected chi connectivity index (χ1v) is 7.91. The van der Waals surface area contributed by atoms with Gasteiger partial charge in [-0.1, -0.05) is 24.3 Å². The minimum absolute atomic E-state index is 0.140. The predicted octanol–water partition coefficient (Wildman–Crippen LogP) is 3.62. The van der Waals surface area contributed by atoms with E-state index in [0.717, 1.165) is 21.6 Å². The number of carbonyl (C=O) groups is 2. The highest BCUT2D eigenvalue weighted by molar-refractivity contribution is 7.10. The fourth-order valence-electron chi connectivity index (χ4n) is 2.36. The van der Waals surface area contributed by atoms with Crippen molar-refractivity contribution in [1.29, 1.82) is 0 Å². The zero-order valence-corrected chi connectivity index (χ0v) is 13.7. The van der Waals surface area contributed by atoms with E-state index in [9.17, 15) is 9.59 Å². The van der Waals surface area contributed by atoms with E-state index in [1.165, 1.54) is 11.3 Å². The molecule has 1 heterocycles. The number of rotatable bonds is 5. The standard InChI is InChI=1S/C17H19NO3S/c1-10-6-4-5-7-13(10)15(8-16(19)20)18-17(21)14-9-22-12(3)11(14)2/h4-7,9,15H,8H2,1-3H3,(H,18,21)(H,19,20). The molecule has 116 valence electrons. The molecule has 2 N–H and O–H groups in total. The highest BCUT2D eigenvalue weighted by Crippen LogP contribution is 2.24. The zero-order valence-electron chi connectivity index (χ0n) is 12.8. The van der Waals surface area contributed by atoms with Gasteiger partial charge in [0.15, 0.2) is 0 Å². The Morgan fingerprint density at radius 3 is 2.45 bits per heavy atom. The van der Waals surface area contributed by atoms with E-state index in [1.54, 1.807) is 0 Å². The lowest BCUT2D eigenvalue weighted by atomic mass is 9.98. The molecule has 2 aromatic rings. The van der Waals surface area contributed by atoms with Crippen LogP contribution in [0.1, 0.15) is 44.4 Å². The van der Waals surface area contributed by atoms with E-state index in [2.05, 4.69) is 5.32 Å². The van der Waals surface area contributed by atoms with Crippen molar-refractivity contribution in [3.63, 3.8) is 0 Å². The molecule has 1 atom stereocenters. The number of carboxylic acid groups (broad SMARTS) is 1. The first-order chi connectivity index (χ1) is 10.4. The van der Waals surface area contributed by atoms with Gasteiger partial charge in [-0.25, -0.2) is 0 Å². The molecule has 1 aromatic carbocycles. The monoisotopic (exact) mass is 317 g/mol. The summed E-state index contributed by atoms with van der Waals surface area (Å²) in [7, 11) is 0.